The molecule has 0 aliphatic carbocycles. The Labute approximate surface area is 80.0 Å². The van der Waals surface area contributed by atoms with Crippen molar-refractivity contribution in [3.63, 3.8) is 0 Å². The normalized spacial score (nSPS) is 10.0. The molecule has 0 atom stereocenters. The maximum Gasteiger partial charge on any atom is 0.152 e. The third kappa shape index (κ3) is 2.42. The highest BCUT2D eigenvalue weighted by molar-refractivity contribution is 6.27. The van der Waals surface area contributed by atoms with E-state index in [-0.39, 0.29) is 29.4 Å². The Morgan fingerprint density at radius 1 is 1.54 bits per heavy atom. The second-order valence-electron chi connectivity index (χ2n) is 2.59. The molecule has 2 nitrogen and oxygen atoms in total. The van der Waals surface area contributed by atoms with E-state index in [1.165, 1.54) is 18.2 Å². The van der Waals surface area contributed by atoms with E-state index in [1.807, 2.05) is 0 Å². The second-order valence-corrected chi connectivity index (χ2v) is 2.85. The maximum absolute atomic E-state index is 13.0. The van der Waals surface area contributed by atoms with Crippen LogP contribution in [0.3, 0.4) is 0 Å². The van der Waals surface area contributed by atoms with Gasteiger partial charge in [0, 0.05) is 12.0 Å². The molecule has 0 amide bonds. The Bertz CT molecular complexity index is 305. The number of hydrogen-bond acceptors (Lipinski definition) is 2. The van der Waals surface area contributed by atoms with Crippen molar-refractivity contribution in [1.82, 2.24) is 0 Å². The molecule has 0 saturated heterocycles. The zero-order chi connectivity index (χ0) is 9.84. The minimum atomic E-state index is -0.585. The predicted octanol–water partition coefficient (Wildman–Crippen LogP) is 1.88. The summed E-state index contributed by atoms with van der Waals surface area (Å²) in [5.74, 6) is -1.28. The van der Waals surface area contributed by atoms with Crippen LogP contribution < -0.4 is 0 Å². The number of alkyl halides is 1. The lowest BCUT2D eigenvalue weighted by Crippen LogP contribution is -2.05. The van der Waals surface area contributed by atoms with Crippen LogP contribution in [0.5, 0.6) is 5.75 Å². The van der Waals surface area contributed by atoms with Crippen LogP contribution in [0.25, 0.3) is 0 Å². The Kier molecular flexibility index (Phi) is 3.25. The number of phenols is 1. The Morgan fingerprint density at radius 3 is 2.77 bits per heavy atom. The van der Waals surface area contributed by atoms with E-state index in [2.05, 4.69) is 0 Å². The highest BCUT2D eigenvalue weighted by Crippen LogP contribution is 2.20. The SMILES string of the molecule is O=C(CCl)Cc1c(O)cccc1F. The summed E-state index contributed by atoms with van der Waals surface area (Å²) in [5, 5.41) is 9.20. The quantitative estimate of drug-likeness (QED) is 0.760. The number of phenolic OH excluding ortho intramolecular Hbond substituents is 1. The van der Waals surface area contributed by atoms with Crippen LogP contribution in [-0.2, 0) is 11.2 Å². The molecule has 70 valence electrons. The summed E-state index contributed by atoms with van der Waals surface area (Å²) in [4.78, 5) is 10.9. The molecule has 1 rings (SSSR count). The smallest absolute Gasteiger partial charge is 0.152 e. The largest absolute Gasteiger partial charge is 0.508 e. The number of benzene rings is 1. The van der Waals surface area contributed by atoms with Crippen molar-refractivity contribution in [3.05, 3.63) is 29.6 Å². The summed E-state index contributed by atoms with van der Waals surface area (Å²) in [6.45, 7) is 0. The average molecular weight is 203 g/mol. The lowest BCUT2D eigenvalue weighted by molar-refractivity contribution is -0.116. The molecule has 0 aliphatic heterocycles. The topological polar surface area (TPSA) is 37.3 Å². The summed E-state index contributed by atoms with van der Waals surface area (Å²) in [6.07, 6.45) is -0.165. The van der Waals surface area contributed by atoms with E-state index >= 15 is 0 Å². The molecule has 1 aromatic carbocycles. The summed E-state index contributed by atoms with van der Waals surface area (Å²) in [5.41, 5.74) is 0.00755. The molecular formula is C9H8ClFO2. The average Bonchev–Trinajstić information content (AvgIpc) is 2.11. The van der Waals surface area contributed by atoms with Crippen molar-refractivity contribution in [2.24, 2.45) is 0 Å². The van der Waals surface area contributed by atoms with Crippen molar-refractivity contribution in [3.8, 4) is 5.75 Å². The van der Waals surface area contributed by atoms with Crippen molar-refractivity contribution in [2.45, 2.75) is 6.42 Å². The Morgan fingerprint density at radius 2 is 2.23 bits per heavy atom. The first kappa shape index (κ1) is 9.99. The van der Waals surface area contributed by atoms with Gasteiger partial charge in [-0.3, -0.25) is 4.79 Å². The highest BCUT2D eigenvalue weighted by atomic mass is 35.5. The van der Waals surface area contributed by atoms with Crippen LogP contribution in [0.4, 0.5) is 4.39 Å². The van der Waals surface area contributed by atoms with Gasteiger partial charge in [-0.15, -0.1) is 11.6 Å². The summed E-state index contributed by atoms with van der Waals surface area (Å²) >= 11 is 5.25. The molecule has 0 heterocycles. The van der Waals surface area contributed by atoms with E-state index in [0.29, 0.717) is 0 Å². The van der Waals surface area contributed by atoms with Crippen LogP contribution in [0.1, 0.15) is 5.56 Å². The fourth-order valence-corrected chi connectivity index (χ4v) is 1.06. The van der Waals surface area contributed by atoms with Gasteiger partial charge in [0.15, 0.2) is 5.78 Å². The first-order valence-corrected chi connectivity index (χ1v) is 4.22. The number of rotatable bonds is 3. The van der Waals surface area contributed by atoms with E-state index in [1.54, 1.807) is 0 Å². The standard InChI is InChI=1S/C9H8ClFO2/c10-5-6(12)4-7-8(11)2-1-3-9(7)13/h1-3,13H,4-5H2. The second kappa shape index (κ2) is 4.23. The van der Waals surface area contributed by atoms with Gasteiger partial charge in [0.05, 0.1) is 5.88 Å². The summed E-state index contributed by atoms with van der Waals surface area (Å²) in [7, 11) is 0. The van der Waals surface area contributed by atoms with Crippen molar-refractivity contribution < 1.29 is 14.3 Å². The van der Waals surface area contributed by atoms with Gasteiger partial charge in [-0.1, -0.05) is 6.07 Å². The molecule has 0 fully saturated rings. The first-order valence-electron chi connectivity index (χ1n) is 3.69. The Hall–Kier alpha value is -1.09. The predicted molar refractivity (Wildman–Crippen MR) is 47.5 cm³/mol. The molecular weight excluding hydrogens is 195 g/mol. The van der Waals surface area contributed by atoms with Crippen LogP contribution in [0.2, 0.25) is 0 Å². The van der Waals surface area contributed by atoms with E-state index < -0.39 is 5.82 Å². The maximum atomic E-state index is 13.0. The van der Waals surface area contributed by atoms with Gasteiger partial charge in [0.25, 0.3) is 0 Å². The van der Waals surface area contributed by atoms with Crippen LogP contribution in [-0.4, -0.2) is 16.8 Å². The molecule has 1 aromatic rings. The molecule has 0 aromatic heterocycles. The molecule has 13 heavy (non-hydrogen) atoms. The van der Waals surface area contributed by atoms with E-state index in [9.17, 15) is 14.3 Å². The zero-order valence-corrected chi connectivity index (χ0v) is 7.51. The van der Waals surface area contributed by atoms with Crippen LogP contribution >= 0.6 is 11.6 Å². The lowest BCUT2D eigenvalue weighted by Gasteiger charge is -2.03. The molecule has 0 aliphatic rings. The van der Waals surface area contributed by atoms with Gasteiger partial charge >= 0.3 is 0 Å². The summed E-state index contributed by atoms with van der Waals surface area (Å²) in [6, 6.07) is 3.90. The number of aromatic hydroxyl groups is 1. The number of halogens is 2. The molecule has 0 radical (unpaired) electrons. The molecule has 0 saturated carbocycles. The molecule has 4 heteroatoms. The van der Waals surface area contributed by atoms with Gasteiger partial charge < -0.3 is 5.11 Å². The van der Waals surface area contributed by atoms with Gasteiger partial charge in [-0.2, -0.15) is 0 Å². The van der Waals surface area contributed by atoms with Crippen LogP contribution in [0.15, 0.2) is 18.2 Å². The van der Waals surface area contributed by atoms with Gasteiger partial charge in [0.1, 0.15) is 11.6 Å². The molecule has 0 bridgehead atoms. The number of carbonyl (C=O) groups excluding carboxylic acids is 1. The van der Waals surface area contributed by atoms with Crippen molar-refractivity contribution in [2.75, 3.05) is 5.88 Å². The number of hydrogen-bond donors (Lipinski definition) is 1. The fourth-order valence-electron chi connectivity index (χ4n) is 0.967. The highest BCUT2D eigenvalue weighted by Gasteiger charge is 2.11. The minimum absolute atomic E-state index is 0.00755. The summed E-state index contributed by atoms with van der Waals surface area (Å²) < 4.78 is 13.0. The monoisotopic (exact) mass is 202 g/mol. The van der Waals surface area contributed by atoms with Crippen LogP contribution in [0, 0.1) is 5.82 Å². The number of ketones is 1. The van der Waals surface area contributed by atoms with Crippen molar-refractivity contribution in [1.29, 1.82) is 0 Å². The zero-order valence-electron chi connectivity index (χ0n) is 6.76. The van der Waals surface area contributed by atoms with Gasteiger partial charge in [-0.25, -0.2) is 4.39 Å². The fraction of sp³-hybridized carbons (Fsp3) is 0.222. The minimum Gasteiger partial charge on any atom is -0.508 e. The van der Waals surface area contributed by atoms with Gasteiger partial charge in [0.2, 0.25) is 0 Å². The molecule has 0 unspecified atom stereocenters. The molecule has 1 N–H and O–H groups in total. The number of carbonyl (C=O) groups is 1. The Balaban J connectivity index is 2.93. The molecule has 0 spiro atoms. The first-order chi connectivity index (χ1) is 6.15. The third-order valence-corrected chi connectivity index (χ3v) is 1.92. The van der Waals surface area contributed by atoms with E-state index in [0.717, 1.165) is 0 Å². The number of Topliss-reactive ketones (excluding diaryl/α,β-unsaturated/α-hetero) is 1. The van der Waals surface area contributed by atoms with E-state index in [4.69, 9.17) is 11.6 Å². The van der Waals surface area contributed by atoms with Gasteiger partial charge in [-0.05, 0) is 12.1 Å². The third-order valence-electron chi connectivity index (χ3n) is 1.62. The van der Waals surface area contributed by atoms with Crippen molar-refractivity contribution >= 4 is 17.4 Å². The lowest BCUT2D eigenvalue weighted by atomic mass is 10.1.